The van der Waals surface area contributed by atoms with Crippen molar-refractivity contribution >= 4 is 12.1 Å². The van der Waals surface area contributed by atoms with Crippen molar-refractivity contribution in [3.05, 3.63) is 65.2 Å². The van der Waals surface area contributed by atoms with Gasteiger partial charge in [-0.05, 0) is 36.4 Å². The fraction of sp³-hybridized carbons (Fsp3) is 0.0667. The molecule has 6 heteroatoms. The minimum absolute atomic E-state index is 0.312. The molecule has 0 radical (unpaired) electrons. The summed E-state index contributed by atoms with van der Waals surface area (Å²) >= 11 is 0. The van der Waals surface area contributed by atoms with Gasteiger partial charge in [0.05, 0.1) is 18.9 Å². The third-order valence-corrected chi connectivity index (χ3v) is 2.71. The van der Waals surface area contributed by atoms with E-state index in [0.29, 0.717) is 11.3 Å². The first kappa shape index (κ1) is 14.6. The zero-order valence-corrected chi connectivity index (χ0v) is 11.1. The van der Waals surface area contributed by atoms with Crippen molar-refractivity contribution in [2.45, 2.75) is 0 Å². The molecule has 0 aliphatic heterocycles. The number of carbonyl (C=O) groups excluding carboxylic acids is 1. The van der Waals surface area contributed by atoms with Gasteiger partial charge in [-0.25, -0.2) is 14.2 Å². The second kappa shape index (κ2) is 6.60. The van der Waals surface area contributed by atoms with Gasteiger partial charge in [-0.1, -0.05) is 6.07 Å². The van der Waals surface area contributed by atoms with E-state index in [1.54, 1.807) is 24.3 Å². The van der Waals surface area contributed by atoms with Crippen LogP contribution in [0.1, 0.15) is 15.9 Å². The second-order valence-electron chi connectivity index (χ2n) is 4.06. The molecular formula is C15H12F2N2O2. The van der Waals surface area contributed by atoms with Crippen LogP contribution in [0, 0.1) is 11.6 Å². The lowest BCUT2D eigenvalue weighted by atomic mass is 10.2. The molecule has 2 rings (SSSR count). The van der Waals surface area contributed by atoms with E-state index in [2.05, 4.69) is 10.5 Å². The van der Waals surface area contributed by atoms with Crippen molar-refractivity contribution in [3.63, 3.8) is 0 Å². The zero-order valence-electron chi connectivity index (χ0n) is 11.1. The van der Waals surface area contributed by atoms with Gasteiger partial charge < -0.3 is 4.74 Å². The molecule has 108 valence electrons. The number of nitrogens with one attached hydrogen (secondary N) is 1. The zero-order chi connectivity index (χ0) is 15.2. The lowest BCUT2D eigenvalue weighted by Gasteiger charge is -2.02. The average molecular weight is 290 g/mol. The summed E-state index contributed by atoms with van der Waals surface area (Å²) in [6.45, 7) is 0. The van der Waals surface area contributed by atoms with E-state index in [4.69, 9.17) is 4.74 Å². The van der Waals surface area contributed by atoms with Gasteiger partial charge in [0.15, 0.2) is 0 Å². The molecule has 2 aromatic rings. The maximum absolute atomic E-state index is 13.3. The first-order valence-electron chi connectivity index (χ1n) is 6.03. The van der Waals surface area contributed by atoms with Crippen LogP contribution in [-0.2, 0) is 0 Å². The van der Waals surface area contributed by atoms with Gasteiger partial charge in [-0.2, -0.15) is 5.10 Å². The highest BCUT2D eigenvalue weighted by Gasteiger charge is 2.06. The Morgan fingerprint density at radius 3 is 2.33 bits per heavy atom. The Morgan fingerprint density at radius 2 is 1.76 bits per heavy atom. The van der Waals surface area contributed by atoms with Crippen LogP contribution in [-0.4, -0.2) is 19.2 Å². The van der Waals surface area contributed by atoms with E-state index in [0.717, 1.165) is 18.3 Å². The Kier molecular flexibility index (Phi) is 4.61. The molecule has 0 saturated heterocycles. The molecule has 21 heavy (non-hydrogen) atoms. The molecule has 0 heterocycles. The van der Waals surface area contributed by atoms with Crippen LogP contribution >= 0.6 is 0 Å². The normalized spacial score (nSPS) is 10.6. The summed E-state index contributed by atoms with van der Waals surface area (Å²) in [7, 11) is 1.52. The molecular weight excluding hydrogens is 278 g/mol. The highest BCUT2D eigenvalue weighted by atomic mass is 19.1. The Balaban J connectivity index is 2.05. The van der Waals surface area contributed by atoms with Crippen molar-refractivity contribution in [3.8, 4) is 5.75 Å². The number of hydrogen-bond acceptors (Lipinski definition) is 3. The lowest BCUT2D eigenvalue weighted by Crippen LogP contribution is -2.17. The van der Waals surface area contributed by atoms with Crippen LogP contribution in [0.15, 0.2) is 47.6 Å². The van der Waals surface area contributed by atoms with Crippen LogP contribution in [0.5, 0.6) is 5.75 Å². The quantitative estimate of drug-likeness (QED) is 0.695. The van der Waals surface area contributed by atoms with Gasteiger partial charge in [0, 0.05) is 5.56 Å². The summed E-state index contributed by atoms with van der Waals surface area (Å²) in [6, 6.07) is 9.80. The Labute approximate surface area is 120 Å². The molecule has 0 aliphatic rings. The summed E-state index contributed by atoms with van der Waals surface area (Å²) in [5.41, 5.74) is 2.23. The predicted octanol–water partition coefficient (Wildman–Crippen LogP) is 2.74. The number of ether oxygens (including phenoxy) is 1. The molecule has 0 spiro atoms. The Bertz CT molecular complexity index is 650. The number of rotatable bonds is 4. The minimum atomic E-state index is -0.752. The van der Waals surface area contributed by atoms with E-state index in [-0.39, 0.29) is 5.56 Å². The van der Waals surface area contributed by atoms with Crippen LogP contribution < -0.4 is 10.2 Å². The van der Waals surface area contributed by atoms with E-state index < -0.39 is 17.5 Å². The monoisotopic (exact) mass is 290 g/mol. The van der Waals surface area contributed by atoms with Gasteiger partial charge >= 0.3 is 0 Å². The van der Waals surface area contributed by atoms with Gasteiger partial charge in [0.25, 0.3) is 5.91 Å². The van der Waals surface area contributed by atoms with Crippen LogP contribution in [0.3, 0.4) is 0 Å². The molecule has 0 unspecified atom stereocenters. The van der Waals surface area contributed by atoms with Crippen LogP contribution in [0.2, 0.25) is 0 Å². The number of hydrogen-bond donors (Lipinski definition) is 1. The number of halogens is 2. The smallest absolute Gasteiger partial charge is 0.271 e. The lowest BCUT2D eigenvalue weighted by molar-refractivity contribution is 0.0955. The molecule has 0 fully saturated rings. The van der Waals surface area contributed by atoms with Gasteiger partial charge in [0.1, 0.15) is 17.4 Å². The topological polar surface area (TPSA) is 50.7 Å². The maximum Gasteiger partial charge on any atom is 0.271 e. The van der Waals surface area contributed by atoms with Gasteiger partial charge in [-0.3, -0.25) is 4.79 Å². The van der Waals surface area contributed by atoms with E-state index >= 15 is 0 Å². The maximum atomic E-state index is 13.3. The van der Waals surface area contributed by atoms with Crippen molar-refractivity contribution in [1.29, 1.82) is 0 Å². The molecule has 0 bridgehead atoms. The third-order valence-electron chi connectivity index (χ3n) is 2.71. The van der Waals surface area contributed by atoms with Crippen molar-refractivity contribution in [1.82, 2.24) is 5.43 Å². The first-order chi connectivity index (χ1) is 10.1. The summed E-state index contributed by atoms with van der Waals surface area (Å²) in [4.78, 5) is 11.8. The van der Waals surface area contributed by atoms with Crippen molar-refractivity contribution < 1.29 is 18.3 Å². The SMILES string of the molecule is COc1ccc(C(=O)N/N=C\c2c(F)cccc2F)cc1. The number of hydrazone groups is 1. The largest absolute Gasteiger partial charge is 0.497 e. The molecule has 2 aromatic carbocycles. The summed E-state index contributed by atoms with van der Waals surface area (Å²) in [6.07, 6.45) is 0.923. The molecule has 0 atom stereocenters. The van der Waals surface area contributed by atoms with Crippen molar-refractivity contribution in [2.75, 3.05) is 7.11 Å². The molecule has 0 saturated carbocycles. The summed E-state index contributed by atoms with van der Waals surface area (Å²) in [5.74, 6) is -1.39. The fourth-order valence-electron chi connectivity index (χ4n) is 1.60. The molecule has 0 aromatic heterocycles. The summed E-state index contributed by atoms with van der Waals surface area (Å²) < 4.78 is 31.6. The number of benzene rings is 2. The van der Waals surface area contributed by atoms with Crippen LogP contribution in [0.25, 0.3) is 0 Å². The molecule has 0 aliphatic carbocycles. The Morgan fingerprint density at radius 1 is 1.14 bits per heavy atom. The number of carbonyl (C=O) groups is 1. The third kappa shape index (κ3) is 3.62. The van der Waals surface area contributed by atoms with Gasteiger partial charge in [0.2, 0.25) is 0 Å². The average Bonchev–Trinajstić information content (AvgIpc) is 2.50. The predicted molar refractivity (Wildman–Crippen MR) is 74.4 cm³/mol. The van der Waals surface area contributed by atoms with Crippen molar-refractivity contribution in [2.24, 2.45) is 5.10 Å². The minimum Gasteiger partial charge on any atom is -0.497 e. The number of methoxy groups -OCH3 is 1. The number of amides is 1. The summed E-state index contributed by atoms with van der Waals surface area (Å²) in [5, 5.41) is 3.55. The highest BCUT2D eigenvalue weighted by Crippen LogP contribution is 2.11. The first-order valence-corrected chi connectivity index (χ1v) is 6.03. The Hall–Kier alpha value is -2.76. The van der Waals surface area contributed by atoms with Crippen LogP contribution in [0.4, 0.5) is 8.78 Å². The molecule has 1 amide bonds. The van der Waals surface area contributed by atoms with E-state index in [9.17, 15) is 13.6 Å². The fourth-order valence-corrected chi connectivity index (χ4v) is 1.60. The molecule has 4 nitrogen and oxygen atoms in total. The highest BCUT2D eigenvalue weighted by molar-refractivity contribution is 5.95. The number of nitrogens with zero attached hydrogens (tertiary/aromatic N) is 1. The van der Waals surface area contributed by atoms with E-state index in [1.165, 1.54) is 13.2 Å². The van der Waals surface area contributed by atoms with E-state index in [1.807, 2.05) is 0 Å². The standard InChI is InChI=1S/C15H12F2N2O2/c1-21-11-7-5-10(6-8-11)15(20)19-18-9-12-13(16)3-2-4-14(12)17/h2-9H,1H3,(H,19,20)/b18-9-. The second-order valence-corrected chi connectivity index (χ2v) is 4.06. The van der Waals surface area contributed by atoms with Gasteiger partial charge in [-0.15, -0.1) is 0 Å². The molecule has 1 N–H and O–H groups in total.